The van der Waals surface area contributed by atoms with Gasteiger partial charge in [-0.2, -0.15) is 0 Å². The molecule has 0 bridgehead atoms. The second kappa shape index (κ2) is 3.81. The Labute approximate surface area is 77.7 Å². The van der Waals surface area contributed by atoms with Gasteiger partial charge < -0.3 is 0 Å². The van der Waals surface area contributed by atoms with Gasteiger partial charge in [0.2, 0.25) is 0 Å². The summed E-state index contributed by atoms with van der Waals surface area (Å²) in [7, 11) is 0. The minimum atomic E-state index is 0.549. The van der Waals surface area contributed by atoms with Crippen LogP contribution in [0.25, 0.3) is 0 Å². The van der Waals surface area contributed by atoms with E-state index in [0.717, 1.165) is 11.8 Å². The first kappa shape index (κ1) is 10.1. The van der Waals surface area contributed by atoms with Gasteiger partial charge in [-0.05, 0) is 30.1 Å². The van der Waals surface area contributed by atoms with Crippen LogP contribution in [0.1, 0.15) is 59.8 Å². The molecule has 0 aliphatic heterocycles. The van der Waals surface area contributed by atoms with Gasteiger partial charge in [-0.25, -0.2) is 0 Å². The first-order valence-electron chi connectivity index (χ1n) is 5.49. The molecule has 1 fully saturated rings. The maximum Gasteiger partial charge on any atom is -0.0383 e. The van der Waals surface area contributed by atoms with Crippen molar-refractivity contribution < 1.29 is 0 Å². The molecule has 1 aliphatic carbocycles. The average Bonchev–Trinajstić information content (AvgIpc) is 1.93. The molecule has 1 saturated carbocycles. The van der Waals surface area contributed by atoms with Crippen LogP contribution in [-0.2, 0) is 0 Å². The van der Waals surface area contributed by atoms with E-state index in [4.69, 9.17) is 0 Å². The van der Waals surface area contributed by atoms with Crippen LogP contribution in [0.3, 0.4) is 0 Å². The van der Waals surface area contributed by atoms with Crippen LogP contribution in [0.5, 0.6) is 0 Å². The molecule has 72 valence electrons. The molecule has 0 radical (unpaired) electrons. The van der Waals surface area contributed by atoms with Gasteiger partial charge in [-0.15, -0.1) is 0 Å². The normalized spacial score (nSPS) is 30.0. The molecule has 0 aromatic heterocycles. The SMILES string of the molecule is CC1CCC1CCCC(C)(C)C. The molecule has 0 spiro atoms. The van der Waals surface area contributed by atoms with Crippen molar-refractivity contribution in [2.45, 2.75) is 59.8 Å². The zero-order valence-corrected chi connectivity index (χ0v) is 9.19. The summed E-state index contributed by atoms with van der Waals surface area (Å²) >= 11 is 0. The van der Waals surface area contributed by atoms with Crippen LogP contribution in [0.4, 0.5) is 0 Å². The Kier molecular flexibility index (Phi) is 3.20. The molecule has 0 heteroatoms. The topological polar surface area (TPSA) is 0 Å². The van der Waals surface area contributed by atoms with E-state index < -0.39 is 0 Å². The van der Waals surface area contributed by atoms with Crippen molar-refractivity contribution in [3.05, 3.63) is 0 Å². The second-order valence-electron chi connectivity index (χ2n) is 5.77. The summed E-state index contributed by atoms with van der Waals surface area (Å²) in [5.74, 6) is 2.11. The largest absolute Gasteiger partial charge is 0.0622 e. The van der Waals surface area contributed by atoms with Gasteiger partial charge in [0, 0.05) is 0 Å². The van der Waals surface area contributed by atoms with Crippen molar-refractivity contribution in [1.29, 1.82) is 0 Å². The summed E-state index contributed by atoms with van der Waals surface area (Å²) in [6.45, 7) is 9.44. The van der Waals surface area contributed by atoms with Gasteiger partial charge in [0.25, 0.3) is 0 Å². The van der Waals surface area contributed by atoms with Gasteiger partial charge in [0.05, 0.1) is 0 Å². The lowest BCUT2D eigenvalue weighted by atomic mass is 9.72. The third-order valence-corrected chi connectivity index (χ3v) is 3.30. The highest BCUT2D eigenvalue weighted by Gasteiger charge is 2.26. The second-order valence-corrected chi connectivity index (χ2v) is 5.77. The van der Waals surface area contributed by atoms with Crippen LogP contribution >= 0.6 is 0 Å². The molecule has 2 unspecified atom stereocenters. The van der Waals surface area contributed by atoms with Gasteiger partial charge in [0.1, 0.15) is 0 Å². The molecule has 1 rings (SSSR count). The van der Waals surface area contributed by atoms with Crippen LogP contribution in [0, 0.1) is 17.3 Å². The average molecular weight is 168 g/mol. The first-order chi connectivity index (χ1) is 5.49. The predicted molar refractivity (Wildman–Crippen MR) is 55.2 cm³/mol. The molecule has 0 heterocycles. The van der Waals surface area contributed by atoms with Crippen LogP contribution in [0.15, 0.2) is 0 Å². The molecule has 0 saturated heterocycles. The van der Waals surface area contributed by atoms with Crippen molar-refractivity contribution in [2.24, 2.45) is 17.3 Å². The van der Waals surface area contributed by atoms with E-state index in [2.05, 4.69) is 27.7 Å². The van der Waals surface area contributed by atoms with Crippen LogP contribution in [0.2, 0.25) is 0 Å². The van der Waals surface area contributed by atoms with E-state index in [1.165, 1.54) is 32.1 Å². The molecule has 0 N–H and O–H groups in total. The Hall–Kier alpha value is 0. The van der Waals surface area contributed by atoms with Crippen LogP contribution < -0.4 is 0 Å². The maximum atomic E-state index is 2.41. The van der Waals surface area contributed by atoms with Crippen molar-refractivity contribution >= 4 is 0 Å². The molecular formula is C12H24. The third-order valence-electron chi connectivity index (χ3n) is 3.30. The van der Waals surface area contributed by atoms with E-state index in [1.54, 1.807) is 0 Å². The Morgan fingerprint density at radius 1 is 1.17 bits per heavy atom. The minimum Gasteiger partial charge on any atom is -0.0622 e. The monoisotopic (exact) mass is 168 g/mol. The molecule has 12 heavy (non-hydrogen) atoms. The molecular weight excluding hydrogens is 144 g/mol. The van der Waals surface area contributed by atoms with Gasteiger partial charge in [0.15, 0.2) is 0 Å². The van der Waals surface area contributed by atoms with Crippen molar-refractivity contribution in [3.63, 3.8) is 0 Å². The summed E-state index contributed by atoms with van der Waals surface area (Å²) in [6.07, 6.45) is 7.32. The van der Waals surface area contributed by atoms with E-state index in [9.17, 15) is 0 Å². The minimum absolute atomic E-state index is 0.549. The zero-order chi connectivity index (χ0) is 9.19. The summed E-state index contributed by atoms with van der Waals surface area (Å²) in [5, 5.41) is 0. The smallest absolute Gasteiger partial charge is 0.0383 e. The summed E-state index contributed by atoms with van der Waals surface area (Å²) in [4.78, 5) is 0. The standard InChI is InChI=1S/C12H24/c1-10-7-8-11(10)6-5-9-12(2,3)4/h10-11H,5-9H2,1-4H3. The molecule has 0 amide bonds. The summed E-state index contributed by atoms with van der Waals surface area (Å²) in [5.41, 5.74) is 0.549. The Morgan fingerprint density at radius 2 is 1.83 bits per heavy atom. The quantitative estimate of drug-likeness (QED) is 0.591. The van der Waals surface area contributed by atoms with Crippen molar-refractivity contribution in [1.82, 2.24) is 0 Å². The van der Waals surface area contributed by atoms with E-state index in [-0.39, 0.29) is 0 Å². The highest BCUT2D eigenvalue weighted by atomic mass is 14.3. The predicted octanol–water partition coefficient (Wildman–Crippen LogP) is 4.25. The fraction of sp³-hybridized carbons (Fsp3) is 1.00. The highest BCUT2D eigenvalue weighted by Crippen LogP contribution is 2.38. The fourth-order valence-electron chi connectivity index (χ4n) is 2.06. The lowest BCUT2D eigenvalue weighted by Gasteiger charge is -2.34. The van der Waals surface area contributed by atoms with Crippen molar-refractivity contribution in [2.75, 3.05) is 0 Å². The molecule has 0 aromatic carbocycles. The number of hydrogen-bond donors (Lipinski definition) is 0. The van der Waals surface area contributed by atoms with E-state index in [1.807, 2.05) is 0 Å². The Balaban J connectivity index is 2.03. The Bertz CT molecular complexity index is 129. The zero-order valence-electron chi connectivity index (χ0n) is 9.19. The van der Waals surface area contributed by atoms with Gasteiger partial charge in [-0.1, -0.05) is 47.0 Å². The molecule has 2 atom stereocenters. The molecule has 1 aliphatic rings. The molecule has 0 nitrogen and oxygen atoms in total. The lowest BCUT2D eigenvalue weighted by Crippen LogP contribution is -2.23. The fourth-order valence-corrected chi connectivity index (χ4v) is 2.06. The van der Waals surface area contributed by atoms with Crippen molar-refractivity contribution in [3.8, 4) is 0 Å². The Morgan fingerprint density at radius 3 is 2.17 bits per heavy atom. The van der Waals surface area contributed by atoms with Gasteiger partial charge >= 0.3 is 0 Å². The maximum absolute atomic E-state index is 2.41. The van der Waals surface area contributed by atoms with E-state index >= 15 is 0 Å². The third kappa shape index (κ3) is 3.16. The summed E-state index contributed by atoms with van der Waals surface area (Å²) < 4.78 is 0. The first-order valence-corrected chi connectivity index (χ1v) is 5.49. The van der Waals surface area contributed by atoms with Crippen LogP contribution in [-0.4, -0.2) is 0 Å². The number of hydrogen-bond acceptors (Lipinski definition) is 0. The van der Waals surface area contributed by atoms with Gasteiger partial charge in [-0.3, -0.25) is 0 Å². The lowest BCUT2D eigenvalue weighted by molar-refractivity contribution is 0.172. The number of rotatable bonds is 3. The highest BCUT2D eigenvalue weighted by molar-refractivity contribution is 4.77. The molecule has 0 aromatic rings. The van der Waals surface area contributed by atoms with E-state index in [0.29, 0.717) is 5.41 Å². The summed E-state index contributed by atoms with van der Waals surface area (Å²) in [6, 6.07) is 0.